The topological polar surface area (TPSA) is 55.9 Å². The summed E-state index contributed by atoms with van der Waals surface area (Å²) < 4.78 is 0. The molecule has 0 aromatic carbocycles. The third-order valence-corrected chi connectivity index (χ3v) is 6.50. The van der Waals surface area contributed by atoms with Gasteiger partial charge in [0.2, 0.25) is 11.8 Å². The van der Waals surface area contributed by atoms with Crippen LogP contribution in [0.2, 0.25) is 0 Å². The lowest BCUT2D eigenvalue weighted by Gasteiger charge is -2.52. The second-order valence-corrected chi connectivity index (χ2v) is 8.21. The highest BCUT2D eigenvalue weighted by atomic mass is 16.2. The van der Waals surface area contributed by atoms with E-state index >= 15 is 0 Å². The Morgan fingerprint density at radius 3 is 2.16 bits per heavy atom. The summed E-state index contributed by atoms with van der Waals surface area (Å²) in [6.45, 7) is 12.1. The average molecular weight is 351 g/mol. The average Bonchev–Trinajstić information content (AvgIpc) is 2.59. The van der Waals surface area contributed by atoms with Crippen LogP contribution in [0.25, 0.3) is 0 Å². The third-order valence-electron chi connectivity index (χ3n) is 6.50. The SMILES string of the molecule is CCN1CCN(CCC(=O)N2CCC3(CC2)CC(NC(C)=O)C3)CC1. The molecule has 1 spiro atoms. The molecule has 1 N–H and O–H groups in total. The van der Waals surface area contributed by atoms with Crippen molar-refractivity contribution >= 4 is 11.8 Å². The lowest BCUT2D eigenvalue weighted by Crippen LogP contribution is -2.55. The number of rotatable bonds is 5. The Kier molecular flexibility index (Phi) is 6.00. The molecule has 0 unspecified atom stereocenters. The second-order valence-electron chi connectivity index (χ2n) is 8.21. The normalized spacial score (nSPS) is 25.0. The summed E-state index contributed by atoms with van der Waals surface area (Å²) in [7, 11) is 0. The molecular formula is C19H34N4O2. The van der Waals surface area contributed by atoms with Gasteiger partial charge in [-0.3, -0.25) is 9.59 Å². The van der Waals surface area contributed by atoms with E-state index in [9.17, 15) is 9.59 Å². The zero-order valence-corrected chi connectivity index (χ0v) is 15.9. The van der Waals surface area contributed by atoms with Gasteiger partial charge >= 0.3 is 0 Å². The van der Waals surface area contributed by atoms with Crippen molar-refractivity contribution in [3.8, 4) is 0 Å². The first-order chi connectivity index (χ1) is 12.0. The van der Waals surface area contributed by atoms with Gasteiger partial charge in [-0.1, -0.05) is 6.92 Å². The van der Waals surface area contributed by atoms with E-state index in [2.05, 4.69) is 26.9 Å². The number of carbonyl (C=O) groups excluding carboxylic acids is 2. The summed E-state index contributed by atoms with van der Waals surface area (Å²) in [6, 6.07) is 0.363. The van der Waals surface area contributed by atoms with E-state index in [0.29, 0.717) is 23.8 Å². The highest BCUT2D eigenvalue weighted by Gasteiger charge is 2.46. The van der Waals surface area contributed by atoms with E-state index in [1.54, 1.807) is 6.92 Å². The van der Waals surface area contributed by atoms with Crippen LogP contribution in [0.5, 0.6) is 0 Å². The summed E-state index contributed by atoms with van der Waals surface area (Å²) in [5, 5.41) is 3.02. The lowest BCUT2D eigenvalue weighted by molar-refractivity contribution is -0.135. The molecule has 3 fully saturated rings. The smallest absolute Gasteiger partial charge is 0.223 e. The number of carbonyl (C=O) groups is 2. The molecule has 0 aromatic heterocycles. The molecule has 2 aliphatic heterocycles. The fourth-order valence-electron chi connectivity index (χ4n) is 4.75. The number of amides is 2. The molecule has 1 aliphatic carbocycles. The Morgan fingerprint density at radius 2 is 1.60 bits per heavy atom. The van der Waals surface area contributed by atoms with E-state index in [1.165, 1.54) is 0 Å². The van der Waals surface area contributed by atoms with Gasteiger partial charge in [-0.2, -0.15) is 0 Å². The highest BCUT2D eigenvalue weighted by molar-refractivity contribution is 5.76. The van der Waals surface area contributed by atoms with Crippen molar-refractivity contribution in [2.45, 2.75) is 52.0 Å². The maximum atomic E-state index is 12.5. The summed E-state index contributed by atoms with van der Waals surface area (Å²) in [6.07, 6.45) is 5.05. The molecule has 0 bridgehead atoms. The number of piperazine rings is 1. The Bertz CT molecular complexity index is 472. The highest BCUT2D eigenvalue weighted by Crippen LogP contribution is 2.49. The molecule has 2 amide bonds. The van der Waals surface area contributed by atoms with Crippen LogP contribution in [-0.4, -0.2) is 84.9 Å². The Labute approximate surface area is 151 Å². The molecule has 0 aromatic rings. The largest absolute Gasteiger partial charge is 0.354 e. The third kappa shape index (κ3) is 4.73. The maximum Gasteiger partial charge on any atom is 0.223 e. The van der Waals surface area contributed by atoms with Crippen LogP contribution in [-0.2, 0) is 9.59 Å². The van der Waals surface area contributed by atoms with E-state index in [0.717, 1.165) is 78.0 Å². The van der Waals surface area contributed by atoms with Gasteiger partial charge in [0.25, 0.3) is 0 Å². The van der Waals surface area contributed by atoms with Crippen molar-refractivity contribution < 1.29 is 9.59 Å². The Balaban J connectivity index is 1.33. The van der Waals surface area contributed by atoms with Crippen LogP contribution in [0.3, 0.4) is 0 Å². The molecule has 25 heavy (non-hydrogen) atoms. The van der Waals surface area contributed by atoms with Crippen molar-refractivity contribution in [3.63, 3.8) is 0 Å². The summed E-state index contributed by atoms with van der Waals surface area (Å²) in [4.78, 5) is 30.6. The molecule has 3 aliphatic rings. The first-order valence-corrected chi connectivity index (χ1v) is 9.99. The zero-order valence-electron chi connectivity index (χ0n) is 15.9. The standard InChI is InChI=1S/C19H34N4O2/c1-3-21-10-12-22(13-11-21)7-4-18(25)23-8-5-19(6-9-23)14-17(15-19)20-16(2)24/h17H,3-15H2,1-2H3,(H,20,24). The van der Waals surface area contributed by atoms with Gasteiger partial charge in [0.1, 0.15) is 0 Å². The summed E-state index contributed by atoms with van der Waals surface area (Å²) >= 11 is 0. The van der Waals surface area contributed by atoms with Gasteiger partial charge in [0.15, 0.2) is 0 Å². The molecule has 3 rings (SSSR count). The number of hydrogen-bond acceptors (Lipinski definition) is 4. The van der Waals surface area contributed by atoms with Crippen LogP contribution < -0.4 is 5.32 Å². The van der Waals surface area contributed by atoms with Gasteiger partial charge in [0, 0.05) is 65.2 Å². The van der Waals surface area contributed by atoms with Crippen molar-refractivity contribution in [2.24, 2.45) is 5.41 Å². The number of piperidine rings is 1. The van der Waals surface area contributed by atoms with Crippen molar-refractivity contribution in [1.29, 1.82) is 0 Å². The molecule has 2 saturated heterocycles. The quantitative estimate of drug-likeness (QED) is 0.801. The molecular weight excluding hydrogens is 316 g/mol. The van der Waals surface area contributed by atoms with E-state index in [4.69, 9.17) is 0 Å². The summed E-state index contributed by atoms with van der Waals surface area (Å²) in [5.41, 5.74) is 0.389. The number of nitrogens with zero attached hydrogens (tertiary/aromatic N) is 3. The van der Waals surface area contributed by atoms with Gasteiger partial charge in [-0.25, -0.2) is 0 Å². The van der Waals surface area contributed by atoms with Crippen LogP contribution in [0, 0.1) is 5.41 Å². The van der Waals surface area contributed by atoms with Crippen molar-refractivity contribution in [2.75, 3.05) is 52.4 Å². The Morgan fingerprint density at radius 1 is 1.00 bits per heavy atom. The van der Waals surface area contributed by atoms with Crippen LogP contribution >= 0.6 is 0 Å². The molecule has 0 atom stereocenters. The van der Waals surface area contributed by atoms with Crippen molar-refractivity contribution in [1.82, 2.24) is 20.0 Å². The van der Waals surface area contributed by atoms with E-state index in [1.807, 2.05) is 0 Å². The second kappa shape index (κ2) is 8.04. The van der Waals surface area contributed by atoms with Crippen LogP contribution in [0.1, 0.15) is 46.0 Å². The molecule has 2 heterocycles. The fraction of sp³-hybridized carbons (Fsp3) is 0.895. The fourth-order valence-corrected chi connectivity index (χ4v) is 4.75. The van der Waals surface area contributed by atoms with E-state index < -0.39 is 0 Å². The monoisotopic (exact) mass is 350 g/mol. The molecule has 0 radical (unpaired) electrons. The first kappa shape index (κ1) is 18.6. The molecule has 6 heteroatoms. The van der Waals surface area contributed by atoms with Gasteiger partial charge in [-0.15, -0.1) is 0 Å². The zero-order chi connectivity index (χ0) is 17.9. The van der Waals surface area contributed by atoms with Gasteiger partial charge in [0.05, 0.1) is 0 Å². The molecule has 1 saturated carbocycles. The molecule has 142 valence electrons. The van der Waals surface area contributed by atoms with Crippen LogP contribution in [0.15, 0.2) is 0 Å². The number of nitrogens with one attached hydrogen (secondary N) is 1. The summed E-state index contributed by atoms with van der Waals surface area (Å²) in [5.74, 6) is 0.401. The molecule has 6 nitrogen and oxygen atoms in total. The Hall–Kier alpha value is -1.14. The minimum atomic E-state index is 0.0761. The van der Waals surface area contributed by atoms with Gasteiger partial charge < -0.3 is 20.0 Å². The van der Waals surface area contributed by atoms with Gasteiger partial charge in [-0.05, 0) is 37.6 Å². The number of likely N-dealkylation sites (tertiary alicyclic amines) is 1. The predicted molar refractivity (Wildman–Crippen MR) is 98.3 cm³/mol. The first-order valence-electron chi connectivity index (χ1n) is 9.99. The van der Waals surface area contributed by atoms with Crippen LogP contribution in [0.4, 0.5) is 0 Å². The lowest BCUT2D eigenvalue weighted by atomic mass is 9.60. The maximum absolute atomic E-state index is 12.5. The number of hydrogen-bond donors (Lipinski definition) is 1. The number of likely N-dealkylation sites (N-methyl/N-ethyl adjacent to an activating group) is 1. The van der Waals surface area contributed by atoms with Crippen molar-refractivity contribution in [3.05, 3.63) is 0 Å². The predicted octanol–water partition coefficient (Wildman–Crippen LogP) is 0.921. The van der Waals surface area contributed by atoms with E-state index in [-0.39, 0.29) is 5.91 Å². The minimum Gasteiger partial charge on any atom is -0.354 e. The minimum absolute atomic E-state index is 0.0761.